The Kier molecular flexibility index (Phi) is 3.70. The van der Waals surface area contributed by atoms with E-state index in [-0.39, 0.29) is 0 Å². The van der Waals surface area contributed by atoms with Crippen molar-refractivity contribution in [3.8, 4) is 0 Å². The Hall–Kier alpha value is -0.940. The first kappa shape index (κ1) is 13.1. The lowest BCUT2D eigenvalue weighted by Crippen LogP contribution is -2.46. The number of nitrogens with zero attached hydrogens (tertiary/aromatic N) is 1. The molecule has 0 aromatic carbocycles. The molecule has 0 fully saturated rings. The molecule has 3 N–H and O–H groups in total. The van der Waals surface area contributed by atoms with Crippen LogP contribution < -0.4 is 5.73 Å². The van der Waals surface area contributed by atoms with Gasteiger partial charge >= 0.3 is 5.97 Å². The van der Waals surface area contributed by atoms with Crippen molar-refractivity contribution >= 4 is 17.3 Å². The number of carboxylic acid groups (broad SMARTS) is 1. The van der Waals surface area contributed by atoms with E-state index in [1.165, 1.54) is 11.3 Å². The fourth-order valence-corrected chi connectivity index (χ4v) is 2.38. The van der Waals surface area contributed by atoms with Crippen LogP contribution in [0.1, 0.15) is 43.5 Å². The van der Waals surface area contributed by atoms with Crippen molar-refractivity contribution in [2.45, 2.75) is 45.1 Å². The summed E-state index contributed by atoms with van der Waals surface area (Å²) in [7, 11) is 0. The fourth-order valence-electron chi connectivity index (χ4n) is 1.31. The second kappa shape index (κ2) is 4.51. The van der Waals surface area contributed by atoms with Gasteiger partial charge in [-0.25, -0.2) is 4.98 Å². The first-order valence-corrected chi connectivity index (χ1v) is 6.03. The molecular weight excluding hydrogens is 224 g/mol. The largest absolute Gasteiger partial charge is 0.480 e. The Labute approximate surface area is 99.5 Å². The Morgan fingerprint density at radius 3 is 2.50 bits per heavy atom. The van der Waals surface area contributed by atoms with Gasteiger partial charge in [0.15, 0.2) is 0 Å². The van der Waals surface area contributed by atoms with Crippen LogP contribution in [-0.4, -0.2) is 22.1 Å². The molecule has 0 aliphatic heterocycles. The Balaban J connectivity index is 3.02. The zero-order valence-corrected chi connectivity index (χ0v) is 10.8. The van der Waals surface area contributed by atoms with Crippen LogP contribution in [0.3, 0.4) is 0 Å². The topological polar surface area (TPSA) is 76.2 Å². The Morgan fingerprint density at radius 1 is 1.56 bits per heavy atom. The third kappa shape index (κ3) is 2.41. The van der Waals surface area contributed by atoms with E-state index in [0.29, 0.717) is 5.92 Å². The Morgan fingerprint density at radius 2 is 2.12 bits per heavy atom. The monoisotopic (exact) mass is 242 g/mol. The summed E-state index contributed by atoms with van der Waals surface area (Å²) in [6, 6.07) is -0.909. The summed E-state index contributed by atoms with van der Waals surface area (Å²) in [4.78, 5) is 16.1. The first-order chi connectivity index (χ1) is 7.26. The van der Waals surface area contributed by atoms with E-state index in [1.54, 1.807) is 6.20 Å². The number of nitrogens with two attached hydrogens (primary N) is 1. The van der Waals surface area contributed by atoms with Crippen molar-refractivity contribution in [2.75, 3.05) is 0 Å². The molecule has 0 bridgehead atoms. The van der Waals surface area contributed by atoms with E-state index in [4.69, 9.17) is 10.8 Å². The molecule has 1 unspecified atom stereocenters. The van der Waals surface area contributed by atoms with Crippen LogP contribution in [0.25, 0.3) is 0 Å². The minimum atomic E-state index is -0.982. The van der Waals surface area contributed by atoms with Crippen LogP contribution in [0.5, 0.6) is 0 Å². The van der Waals surface area contributed by atoms with Gasteiger partial charge in [0.1, 0.15) is 6.04 Å². The minimum Gasteiger partial charge on any atom is -0.480 e. The van der Waals surface area contributed by atoms with Crippen LogP contribution in [-0.2, 0) is 10.2 Å². The van der Waals surface area contributed by atoms with Gasteiger partial charge in [-0.15, -0.1) is 11.3 Å². The molecule has 0 radical (unpaired) electrons. The summed E-state index contributed by atoms with van der Waals surface area (Å²) in [5.74, 6) is -0.625. The lowest BCUT2D eigenvalue weighted by molar-refractivity contribution is -0.140. The molecule has 1 rings (SSSR count). The molecule has 0 aliphatic rings. The number of hydrogen-bond acceptors (Lipinski definition) is 4. The van der Waals surface area contributed by atoms with Gasteiger partial charge < -0.3 is 10.8 Å². The molecule has 1 aromatic rings. The van der Waals surface area contributed by atoms with Crippen molar-refractivity contribution in [1.82, 2.24) is 4.98 Å². The van der Waals surface area contributed by atoms with Crippen molar-refractivity contribution < 1.29 is 9.90 Å². The lowest BCUT2D eigenvalue weighted by atomic mass is 9.84. The molecule has 1 aromatic heterocycles. The van der Waals surface area contributed by atoms with Gasteiger partial charge in [0.25, 0.3) is 0 Å². The molecule has 0 saturated carbocycles. The molecule has 0 spiro atoms. The maximum atomic E-state index is 10.9. The normalized spacial score (nSPS) is 14.1. The molecule has 1 atom stereocenters. The summed E-state index contributed by atoms with van der Waals surface area (Å²) in [5.41, 5.74) is 5.10. The number of carbonyl (C=O) groups is 1. The number of thiazole rings is 1. The minimum absolute atomic E-state index is 0.357. The van der Waals surface area contributed by atoms with Crippen molar-refractivity contribution in [1.29, 1.82) is 0 Å². The summed E-state index contributed by atoms with van der Waals surface area (Å²) < 4.78 is 0. The molecular formula is C11H18N2O2S. The van der Waals surface area contributed by atoms with Gasteiger partial charge in [0.05, 0.1) is 5.01 Å². The average molecular weight is 242 g/mol. The number of carboxylic acids is 1. The smallest absolute Gasteiger partial charge is 0.321 e. The van der Waals surface area contributed by atoms with Gasteiger partial charge in [-0.2, -0.15) is 0 Å². The summed E-state index contributed by atoms with van der Waals surface area (Å²) >= 11 is 1.54. The highest BCUT2D eigenvalue weighted by molar-refractivity contribution is 7.11. The highest BCUT2D eigenvalue weighted by Gasteiger charge is 2.35. The molecule has 0 saturated heterocycles. The average Bonchev–Trinajstić information content (AvgIpc) is 2.65. The van der Waals surface area contributed by atoms with E-state index >= 15 is 0 Å². The molecule has 1 heterocycles. The first-order valence-electron chi connectivity index (χ1n) is 5.21. The van der Waals surface area contributed by atoms with Gasteiger partial charge in [-0.3, -0.25) is 4.79 Å². The third-order valence-electron chi connectivity index (χ3n) is 2.70. The number of rotatable bonds is 4. The summed E-state index contributed by atoms with van der Waals surface area (Å²) in [5, 5.41) is 9.97. The van der Waals surface area contributed by atoms with Crippen molar-refractivity contribution in [2.24, 2.45) is 5.73 Å². The SMILES string of the molecule is CC(C)c1ncc(C(C)(C)C(N)C(=O)O)s1. The molecule has 0 aliphatic carbocycles. The molecule has 0 amide bonds. The van der Waals surface area contributed by atoms with Crippen LogP contribution in [0.2, 0.25) is 0 Å². The second-order valence-corrected chi connectivity index (χ2v) is 5.82. The van der Waals surface area contributed by atoms with Crippen LogP contribution in [0, 0.1) is 0 Å². The Bertz CT molecular complexity index is 385. The maximum absolute atomic E-state index is 10.9. The number of aliphatic carboxylic acids is 1. The molecule has 90 valence electrons. The van der Waals surface area contributed by atoms with Crippen molar-refractivity contribution in [3.63, 3.8) is 0 Å². The summed E-state index contributed by atoms with van der Waals surface area (Å²) in [6.45, 7) is 7.80. The van der Waals surface area contributed by atoms with Crippen molar-refractivity contribution in [3.05, 3.63) is 16.1 Å². The highest BCUT2D eigenvalue weighted by Crippen LogP contribution is 2.33. The van der Waals surface area contributed by atoms with Gasteiger partial charge in [-0.05, 0) is 0 Å². The fraction of sp³-hybridized carbons (Fsp3) is 0.636. The van der Waals surface area contributed by atoms with Gasteiger partial charge in [0, 0.05) is 22.4 Å². The predicted molar refractivity (Wildman–Crippen MR) is 64.8 cm³/mol. The third-order valence-corrected chi connectivity index (χ3v) is 4.33. The standard InChI is InChI=1S/C11H18N2O2S/c1-6(2)9-13-5-7(16-9)11(3,4)8(12)10(14)15/h5-6,8H,12H2,1-4H3,(H,14,15). The number of hydrogen-bond donors (Lipinski definition) is 2. The van der Waals surface area contributed by atoms with Crippen LogP contribution in [0.15, 0.2) is 6.20 Å². The van der Waals surface area contributed by atoms with Crippen LogP contribution >= 0.6 is 11.3 Å². The van der Waals surface area contributed by atoms with E-state index in [1.807, 2.05) is 13.8 Å². The van der Waals surface area contributed by atoms with E-state index in [9.17, 15) is 4.79 Å². The molecule has 16 heavy (non-hydrogen) atoms. The van der Waals surface area contributed by atoms with Gasteiger partial charge in [-0.1, -0.05) is 27.7 Å². The molecule has 4 nitrogen and oxygen atoms in total. The quantitative estimate of drug-likeness (QED) is 0.846. The maximum Gasteiger partial charge on any atom is 0.321 e. The van der Waals surface area contributed by atoms with E-state index < -0.39 is 17.4 Å². The second-order valence-electron chi connectivity index (χ2n) is 4.76. The summed E-state index contributed by atoms with van der Waals surface area (Å²) in [6.07, 6.45) is 1.74. The highest BCUT2D eigenvalue weighted by atomic mass is 32.1. The van der Waals surface area contributed by atoms with Gasteiger partial charge in [0.2, 0.25) is 0 Å². The van der Waals surface area contributed by atoms with E-state index in [2.05, 4.69) is 18.8 Å². The number of aromatic nitrogens is 1. The zero-order valence-electron chi connectivity index (χ0n) is 10.0. The zero-order chi connectivity index (χ0) is 12.5. The lowest BCUT2D eigenvalue weighted by Gasteiger charge is -2.26. The molecule has 5 heteroatoms. The van der Waals surface area contributed by atoms with E-state index in [0.717, 1.165) is 9.88 Å². The predicted octanol–water partition coefficient (Wildman–Crippen LogP) is 1.96. The van der Waals surface area contributed by atoms with Crippen LogP contribution in [0.4, 0.5) is 0 Å².